The Morgan fingerprint density at radius 1 is 1.11 bits per heavy atom. The zero-order valence-electron chi connectivity index (χ0n) is 12.9. The first-order valence-electron chi connectivity index (χ1n) is 7.42. The molecular weight excluding hydrogens is 242 g/mol. The second kappa shape index (κ2) is 10.8. The van der Waals surface area contributed by atoms with E-state index in [9.17, 15) is 9.59 Å². The highest BCUT2D eigenvalue weighted by Crippen LogP contribution is 2.09. The number of carbonyl (C=O) groups excluding carboxylic acids is 2. The Balaban J connectivity index is 4.38. The lowest BCUT2D eigenvalue weighted by Crippen LogP contribution is -2.37. The fraction of sp³-hybridized carbons (Fsp3) is 0.867. The second-order valence-electron chi connectivity index (χ2n) is 5.07. The van der Waals surface area contributed by atoms with E-state index in [1.807, 2.05) is 11.8 Å². The van der Waals surface area contributed by atoms with Crippen molar-refractivity contribution in [3.05, 3.63) is 0 Å². The summed E-state index contributed by atoms with van der Waals surface area (Å²) in [5.74, 6) is -0.338. The summed E-state index contributed by atoms with van der Waals surface area (Å²) in [6, 6.07) is 0. The van der Waals surface area contributed by atoms with Crippen LogP contribution in [-0.4, -0.2) is 37.0 Å². The number of methoxy groups -OCH3 is 1. The van der Waals surface area contributed by atoms with E-state index in [4.69, 9.17) is 4.74 Å². The maximum absolute atomic E-state index is 12.1. The summed E-state index contributed by atoms with van der Waals surface area (Å²) in [5.41, 5.74) is 0. The SMILES string of the molecule is CCCCCN(CC(C)C(=O)OC)C(=O)CCCC. The fourth-order valence-corrected chi connectivity index (χ4v) is 1.96. The van der Waals surface area contributed by atoms with Gasteiger partial charge >= 0.3 is 5.97 Å². The van der Waals surface area contributed by atoms with Crippen LogP contribution >= 0.6 is 0 Å². The lowest BCUT2D eigenvalue weighted by molar-refractivity contribution is -0.146. The molecule has 0 heterocycles. The first-order chi connectivity index (χ1) is 9.06. The molecule has 0 aromatic rings. The number of amides is 1. The number of esters is 1. The molecule has 0 aromatic carbocycles. The summed E-state index contributed by atoms with van der Waals surface area (Å²) in [6.45, 7) is 7.24. The van der Waals surface area contributed by atoms with E-state index >= 15 is 0 Å². The van der Waals surface area contributed by atoms with E-state index in [1.54, 1.807) is 0 Å². The van der Waals surface area contributed by atoms with Crippen LogP contribution in [0.4, 0.5) is 0 Å². The molecule has 0 aliphatic carbocycles. The Kier molecular flexibility index (Phi) is 10.2. The highest BCUT2D eigenvalue weighted by Gasteiger charge is 2.20. The molecule has 1 unspecified atom stereocenters. The van der Waals surface area contributed by atoms with Gasteiger partial charge in [-0.2, -0.15) is 0 Å². The number of hydrogen-bond acceptors (Lipinski definition) is 3. The Labute approximate surface area is 117 Å². The fourth-order valence-electron chi connectivity index (χ4n) is 1.96. The molecule has 0 spiro atoms. The van der Waals surface area contributed by atoms with Gasteiger partial charge in [0.2, 0.25) is 5.91 Å². The highest BCUT2D eigenvalue weighted by atomic mass is 16.5. The minimum atomic E-state index is -0.253. The van der Waals surface area contributed by atoms with Crippen molar-refractivity contribution >= 4 is 11.9 Å². The van der Waals surface area contributed by atoms with Gasteiger partial charge in [0.1, 0.15) is 0 Å². The Morgan fingerprint density at radius 2 is 1.74 bits per heavy atom. The molecule has 4 nitrogen and oxygen atoms in total. The number of rotatable bonds is 10. The van der Waals surface area contributed by atoms with Gasteiger partial charge in [-0.3, -0.25) is 9.59 Å². The van der Waals surface area contributed by atoms with Crippen LogP contribution in [0.25, 0.3) is 0 Å². The van der Waals surface area contributed by atoms with Gasteiger partial charge in [0, 0.05) is 19.5 Å². The number of unbranched alkanes of at least 4 members (excludes halogenated alkanes) is 3. The molecule has 1 atom stereocenters. The van der Waals surface area contributed by atoms with Crippen molar-refractivity contribution in [3.63, 3.8) is 0 Å². The first-order valence-corrected chi connectivity index (χ1v) is 7.42. The molecule has 0 saturated carbocycles. The summed E-state index contributed by atoms with van der Waals surface area (Å²) >= 11 is 0. The summed E-state index contributed by atoms with van der Waals surface area (Å²) in [5, 5.41) is 0. The largest absolute Gasteiger partial charge is 0.469 e. The minimum absolute atomic E-state index is 0.161. The van der Waals surface area contributed by atoms with Crippen LogP contribution in [0.2, 0.25) is 0 Å². The zero-order valence-corrected chi connectivity index (χ0v) is 12.9. The van der Waals surface area contributed by atoms with Gasteiger partial charge in [0.05, 0.1) is 13.0 Å². The third-order valence-corrected chi connectivity index (χ3v) is 3.23. The first kappa shape index (κ1) is 17.9. The van der Waals surface area contributed by atoms with E-state index in [1.165, 1.54) is 7.11 Å². The van der Waals surface area contributed by atoms with Crippen molar-refractivity contribution in [1.29, 1.82) is 0 Å². The van der Waals surface area contributed by atoms with Gasteiger partial charge in [0.25, 0.3) is 0 Å². The number of hydrogen-bond donors (Lipinski definition) is 0. The minimum Gasteiger partial charge on any atom is -0.469 e. The highest BCUT2D eigenvalue weighted by molar-refractivity contribution is 5.77. The van der Waals surface area contributed by atoms with E-state index in [0.717, 1.165) is 38.6 Å². The molecule has 0 saturated heterocycles. The summed E-state index contributed by atoms with van der Waals surface area (Å²) < 4.78 is 4.72. The molecule has 0 aromatic heterocycles. The van der Waals surface area contributed by atoms with Gasteiger partial charge in [-0.25, -0.2) is 0 Å². The molecule has 112 valence electrons. The maximum atomic E-state index is 12.1. The van der Waals surface area contributed by atoms with Crippen molar-refractivity contribution in [3.8, 4) is 0 Å². The predicted molar refractivity (Wildman–Crippen MR) is 76.8 cm³/mol. The van der Waals surface area contributed by atoms with E-state index < -0.39 is 0 Å². The number of nitrogens with zero attached hydrogens (tertiary/aromatic N) is 1. The van der Waals surface area contributed by atoms with Crippen LogP contribution < -0.4 is 0 Å². The monoisotopic (exact) mass is 271 g/mol. The van der Waals surface area contributed by atoms with Gasteiger partial charge in [-0.05, 0) is 12.8 Å². The second-order valence-corrected chi connectivity index (χ2v) is 5.07. The van der Waals surface area contributed by atoms with Crippen molar-refractivity contribution in [1.82, 2.24) is 4.90 Å². The molecule has 0 aliphatic heterocycles. The Morgan fingerprint density at radius 3 is 2.26 bits per heavy atom. The molecule has 4 heteroatoms. The smallest absolute Gasteiger partial charge is 0.310 e. The lowest BCUT2D eigenvalue weighted by atomic mass is 10.1. The van der Waals surface area contributed by atoms with Crippen molar-refractivity contribution < 1.29 is 14.3 Å². The van der Waals surface area contributed by atoms with Gasteiger partial charge in [-0.1, -0.05) is 40.0 Å². The van der Waals surface area contributed by atoms with Crippen molar-refractivity contribution in [2.45, 2.75) is 59.3 Å². The van der Waals surface area contributed by atoms with Gasteiger partial charge in [-0.15, -0.1) is 0 Å². The van der Waals surface area contributed by atoms with Crippen molar-refractivity contribution in [2.24, 2.45) is 5.92 Å². The van der Waals surface area contributed by atoms with Gasteiger partial charge in [0.15, 0.2) is 0 Å². The molecule has 0 N–H and O–H groups in total. The quantitative estimate of drug-likeness (QED) is 0.453. The topological polar surface area (TPSA) is 46.6 Å². The molecule has 0 bridgehead atoms. The van der Waals surface area contributed by atoms with Crippen LogP contribution in [0.5, 0.6) is 0 Å². The van der Waals surface area contributed by atoms with Crippen LogP contribution in [-0.2, 0) is 14.3 Å². The number of ether oxygens (including phenoxy) is 1. The normalized spacial score (nSPS) is 12.0. The number of carbonyl (C=O) groups is 2. The average molecular weight is 271 g/mol. The third kappa shape index (κ3) is 7.85. The summed E-state index contributed by atoms with van der Waals surface area (Å²) in [6.07, 6.45) is 5.75. The van der Waals surface area contributed by atoms with E-state index in [2.05, 4.69) is 13.8 Å². The predicted octanol–water partition coefficient (Wildman–Crippen LogP) is 3.00. The summed E-state index contributed by atoms with van der Waals surface area (Å²) in [4.78, 5) is 25.4. The maximum Gasteiger partial charge on any atom is 0.310 e. The molecule has 0 radical (unpaired) electrons. The third-order valence-electron chi connectivity index (χ3n) is 3.23. The molecular formula is C15H29NO3. The van der Waals surface area contributed by atoms with Crippen LogP contribution in [0, 0.1) is 5.92 Å². The van der Waals surface area contributed by atoms with Crippen molar-refractivity contribution in [2.75, 3.05) is 20.2 Å². The standard InChI is InChI=1S/C15H29NO3/c1-5-7-9-11-16(14(17)10-8-6-2)12-13(3)15(18)19-4/h13H,5-12H2,1-4H3. The van der Waals surface area contributed by atoms with Crippen LogP contribution in [0.1, 0.15) is 59.3 Å². The molecule has 0 fully saturated rings. The average Bonchev–Trinajstić information content (AvgIpc) is 2.42. The van der Waals surface area contributed by atoms with Gasteiger partial charge < -0.3 is 9.64 Å². The molecule has 19 heavy (non-hydrogen) atoms. The molecule has 0 aliphatic rings. The van der Waals surface area contributed by atoms with Crippen LogP contribution in [0.3, 0.4) is 0 Å². The Bertz CT molecular complexity index is 266. The molecule has 0 rings (SSSR count). The van der Waals surface area contributed by atoms with Crippen LogP contribution in [0.15, 0.2) is 0 Å². The Hall–Kier alpha value is -1.06. The van der Waals surface area contributed by atoms with E-state index in [-0.39, 0.29) is 17.8 Å². The lowest BCUT2D eigenvalue weighted by Gasteiger charge is -2.25. The molecule has 1 amide bonds. The van der Waals surface area contributed by atoms with E-state index in [0.29, 0.717) is 13.0 Å². The summed E-state index contributed by atoms with van der Waals surface area (Å²) in [7, 11) is 1.39. The zero-order chi connectivity index (χ0) is 14.7.